The Hall–Kier alpha value is -4.22. The first-order valence-electron chi connectivity index (χ1n) is 12.3. The number of halogens is 2. The van der Waals surface area contributed by atoms with Gasteiger partial charge in [-0.05, 0) is 55.2 Å². The van der Waals surface area contributed by atoms with Crippen LogP contribution in [0.5, 0.6) is 0 Å². The third-order valence-corrected chi connectivity index (χ3v) is 6.99. The first-order valence-corrected chi connectivity index (χ1v) is 12.3. The molecule has 0 fully saturated rings. The van der Waals surface area contributed by atoms with E-state index in [1.54, 1.807) is 42.7 Å². The molecule has 4 rings (SSSR count). The number of alkyl halides is 2. The monoisotopic (exact) mass is 537 g/mol. The first-order chi connectivity index (χ1) is 18.6. The van der Waals surface area contributed by atoms with Crippen molar-refractivity contribution < 1.29 is 23.5 Å². The molecule has 9 nitrogen and oxygen atoms in total. The number of aromatic nitrogens is 4. The lowest BCUT2D eigenvalue weighted by Gasteiger charge is -2.40. The van der Waals surface area contributed by atoms with Crippen LogP contribution < -0.4 is 11.0 Å². The minimum absolute atomic E-state index is 0.0137. The van der Waals surface area contributed by atoms with Crippen LogP contribution in [0.3, 0.4) is 0 Å². The summed E-state index contributed by atoms with van der Waals surface area (Å²) in [4.78, 5) is 32.6. The number of hydrogen-bond acceptors (Lipinski definition) is 6. The second-order valence-electron chi connectivity index (χ2n) is 9.55. The summed E-state index contributed by atoms with van der Waals surface area (Å²) in [5.74, 6) is -0.917. The summed E-state index contributed by atoms with van der Waals surface area (Å²) >= 11 is 0. The molecular weight excluding hydrogens is 508 g/mol. The van der Waals surface area contributed by atoms with Crippen molar-refractivity contribution in [3.8, 4) is 16.8 Å². The normalized spacial score (nSPS) is 14.5. The predicted octanol–water partition coefficient (Wildman–Crippen LogP) is 3.76. The molecule has 0 bridgehead atoms. The fourth-order valence-electron chi connectivity index (χ4n) is 4.06. The Bertz CT molecular complexity index is 1440. The maximum Gasteiger partial charge on any atom is 0.267 e. The van der Waals surface area contributed by atoms with Crippen molar-refractivity contribution in [1.29, 1.82) is 0 Å². The van der Waals surface area contributed by atoms with Crippen LogP contribution in [0.1, 0.15) is 25.8 Å². The lowest BCUT2D eigenvalue weighted by molar-refractivity contribution is -0.186. The zero-order chi connectivity index (χ0) is 28.0. The maximum absolute atomic E-state index is 13.9. The predicted molar refractivity (Wildman–Crippen MR) is 140 cm³/mol. The van der Waals surface area contributed by atoms with Crippen LogP contribution in [0.15, 0.2) is 90.1 Å². The number of hydrogen-bond donors (Lipinski definition) is 2. The van der Waals surface area contributed by atoms with E-state index in [4.69, 9.17) is 4.84 Å². The van der Waals surface area contributed by atoms with E-state index in [1.165, 1.54) is 28.6 Å². The van der Waals surface area contributed by atoms with Gasteiger partial charge in [0.25, 0.3) is 17.9 Å². The van der Waals surface area contributed by atoms with Gasteiger partial charge in [0.2, 0.25) is 0 Å². The average Bonchev–Trinajstić information content (AvgIpc) is 3.48. The molecule has 2 aromatic heterocycles. The molecule has 0 aliphatic carbocycles. The Balaban J connectivity index is 1.47. The fourth-order valence-corrected chi connectivity index (χ4v) is 4.06. The number of amides is 1. The number of carbonyl (C=O) groups excluding carboxylic acids is 1. The van der Waals surface area contributed by atoms with Gasteiger partial charge in [-0.25, -0.2) is 14.3 Å². The Labute approximate surface area is 223 Å². The third kappa shape index (κ3) is 6.10. The van der Waals surface area contributed by atoms with Crippen molar-refractivity contribution in [2.75, 3.05) is 0 Å². The van der Waals surface area contributed by atoms with Gasteiger partial charge >= 0.3 is 0 Å². The van der Waals surface area contributed by atoms with E-state index in [-0.39, 0.29) is 25.1 Å². The molecule has 0 saturated carbocycles. The van der Waals surface area contributed by atoms with Crippen LogP contribution in [0.2, 0.25) is 0 Å². The number of pyridine rings is 1. The van der Waals surface area contributed by atoms with Crippen molar-refractivity contribution >= 4 is 5.91 Å². The van der Waals surface area contributed by atoms with Gasteiger partial charge in [-0.1, -0.05) is 42.5 Å². The van der Waals surface area contributed by atoms with E-state index < -0.39 is 23.3 Å². The van der Waals surface area contributed by atoms with Crippen LogP contribution in [0.4, 0.5) is 8.78 Å². The van der Waals surface area contributed by atoms with E-state index >= 15 is 0 Å². The van der Waals surface area contributed by atoms with Crippen LogP contribution in [0, 0.1) is 5.41 Å². The van der Waals surface area contributed by atoms with Crippen LogP contribution >= 0.6 is 0 Å². The van der Waals surface area contributed by atoms with Crippen LogP contribution in [0.25, 0.3) is 16.8 Å². The van der Waals surface area contributed by atoms with Crippen molar-refractivity contribution in [2.45, 2.75) is 45.4 Å². The molecule has 0 radical (unpaired) electrons. The van der Waals surface area contributed by atoms with Gasteiger partial charge in [0.15, 0.2) is 0 Å². The molecule has 2 unspecified atom stereocenters. The topological polar surface area (TPSA) is 111 Å². The molecule has 2 N–H and O–H groups in total. The molecule has 0 aliphatic heterocycles. The first kappa shape index (κ1) is 27.8. The van der Waals surface area contributed by atoms with Crippen molar-refractivity contribution in [2.24, 2.45) is 5.41 Å². The molecule has 0 saturated heterocycles. The van der Waals surface area contributed by atoms with Crippen molar-refractivity contribution in [3.63, 3.8) is 0 Å². The zero-order valence-corrected chi connectivity index (χ0v) is 21.5. The molecule has 0 spiro atoms. The highest BCUT2D eigenvalue weighted by Gasteiger charge is 2.54. The molecule has 2 atom stereocenters. The number of rotatable bonds is 11. The smallest absolute Gasteiger partial charge is 0.267 e. The van der Waals surface area contributed by atoms with Gasteiger partial charge in [0.1, 0.15) is 5.60 Å². The molecule has 0 aliphatic rings. The van der Waals surface area contributed by atoms with Gasteiger partial charge in [0.05, 0.1) is 30.1 Å². The molecule has 2 aromatic carbocycles. The van der Waals surface area contributed by atoms with E-state index in [9.17, 15) is 23.5 Å². The number of aryl methyl sites for hydroxylation is 1. The molecule has 39 heavy (non-hydrogen) atoms. The van der Waals surface area contributed by atoms with Gasteiger partial charge in [-0.3, -0.25) is 14.4 Å². The standard InChI is InChI=1S/C28H29F2N5O4/c1-27(28(2,38)25(29)30,26(37)33-39-19-20-6-4-3-5-7-20)13-17-34-16-12-22(18-24(34)36)21-8-10-23(11-9-21)35-31-14-15-32-35/h3-12,14-16,18,25,38H,13,17,19H2,1-2H3,(H,33,37). The Morgan fingerprint density at radius 3 is 2.31 bits per heavy atom. The second-order valence-corrected chi connectivity index (χ2v) is 9.55. The number of benzene rings is 2. The number of aliphatic hydroxyl groups is 1. The lowest BCUT2D eigenvalue weighted by Crippen LogP contribution is -2.58. The summed E-state index contributed by atoms with van der Waals surface area (Å²) in [5, 5.41) is 18.8. The van der Waals surface area contributed by atoms with Gasteiger partial charge in [-0.2, -0.15) is 15.0 Å². The molecule has 204 valence electrons. The van der Waals surface area contributed by atoms with Gasteiger partial charge in [-0.15, -0.1) is 0 Å². The largest absolute Gasteiger partial charge is 0.383 e. The molecule has 1 amide bonds. The van der Waals surface area contributed by atoms with Crippen LogP contribution in [-0.2, 0) is 22.8 Å². The van der Waals surface area contributed by atoms with Crippen LogP contribution in [-0.4, -0.2) is 42.6 Å². The summed E-state index contributed by atoms with van der Waals surface area (Å²) in [6.07, 6.45) is 1.19. The zero-order valence-electron chi connectivity index (χ0n) is 21.5. The SMILES string of the molecule is CC(CCn1ccc(-c2ccc(-n3nccn3)cc2)cc1=O)(C(=O)NOCc1ccccc1)C(C)(O)C(F)F. The Morgan fingerprint density at radius 1 is 1.03 bits per heavy atom. The summed E-state index contributed by atoms with van der Waals surface area (Å²) in [6, 6.07) is 19.4. The maximum atomic E-state index is 13.9. The highest BCUT2D eigenvalue weighted by atomic mass is 19.3. The number of nitrogens with zero attached hydrogens (tertiary/aromatic N) is 4. The van der Waals surface area contributed by atoms with E-state index in [0.29, 0.717) is 5.56 Å². The summed E-state index contributed by atoms with van der Waals surface area (Å²) in [6.45, 7) is 2.06. The molecule has 2 heterocycles. The minimum atomic E-state index is -3.22. The highest BCUT2D eigenvalue weighted by Crippen LogP contribution is 2.40. The average molecular weight is 538 g/mol. The van der Waals surface area contributed by atoms with Crippen molar-refractivity contribution in [1.82, 2.24) is 25.0 Å². The van der Waals surface area contributed by atoms with E-state index in [1.807, 2.05) is 30.3 Å². The fraction of sp³-hybridized carbons (Fsp3) is 0.286. The second kappa shape index (κ2) is 11.7. The van der Waals surface area contributed by atoms with E-state index in [2.05, 4.69) is 15.7 Å². The number of carbonyl (C=O) groups is 1. The molecule has 4 aromatic rings. The van der Waals surface area contributed by atoms with E-state index in [0.717, 1.165) is 23.7 Å². The molecule has 11 heteroatoms. The minimum Gasteiger partial charge on any atom is -0.383 e. The summed E-state index contributed by atoms with van der Waals surface area (Å²) in [7, 11) is 0. The summed E-state index contributed by atoms with van der Waals surface area (Å²) in [5.41, 5.74) is 0.109. The van der Waals surface area contributed by atoms with Gasteiger partial charge < -0.3 is 9.67 Å². The Kier molecular flexibility index (Phi) is 8.32. The highest BCUT2D eigenvalue weighted by molar-refractivity contribution is 5.82. The summed E-state index contributed by atoms with van der Waals surface area (Å²) < 4.78 is 29.1. The third-order valence-electron chi connectivity index (χ3n) is 6.99. The molecular formula is C28H29F2N5O4. The number of hydroxylamine groups is 1. The Morgan fingerprint density at radius 2 is 1.69 bits per heavy atom. The number of nitrogens with one attached hydrogen (secondary N) is 1. The lowest BCUT2D eigenvalue weighted by atomic mass is 9.71. The van der Waals surface area contributed by atoms with Crippen molar-refractivity contribution in [3.05, 3.63) is 101 Å². The van der Waals surface area contributed by atoms with Gasteiger partial charge in [0, 0.05) is 18.8 Å². The quantitative estimate of drug-likeness (QED) is 0.282.